The topological polar surface area (TPSA) is 72.2 Å². The van der Waals surface area contributed by atoms with Gasteiger partial charge in [0.05, 0.1) is 0 Å². The van der Waals surface area contributed by atoms with E-state index in [2.05, 4.69) is 5.32 Å². The first-order chi connectivity index (χ1) is 7.15. The summed E-state index contributed by atoms with van der Waals surface area (Å²) in [7, 11) is 0. The molecule has 0 saturated heterocycles. The van der Waals surface area contributed by atoms with Crippen molar-refractivity contribution in [1.29, 1.82) is 0 Å². The Labute approximate surface area is 88.5 Å². The molecular weight excluding hydrogens is 192 g/mol. The molecule has 0 aliphatic rings. The molecule has 15 heavy (non-hydrogen) atoms. The maximum absolute atomic E-state index is 11.2. The number of amides is 2. The highest BCUT2D eigenvalue weighted by Gasteiger charge is 2.18. The highest BCUT2D eigenvalue weighted by Crippen LogP contribution is 2.11. The molecule has 0 saturated carbocycles. The molecule has 0 fully saturated rings. The van der Waals surface area contributed by atoms with Gasteiger partial charge in [-0.1, -0.05) is 37.3 Å². The van der Waals surface area contributed by atoms with Gasteiger partial charge >= 0.3 is 0 Å². The van der Waals surface area contributed by atoms with Gasteiger partial charge in [-0.2, -0.15) is 0 Å². The predicted molar refractivity (Wildman–Crippen MR) is 56.8 cm³/mol. The van der Waals surface area contributed by atoms with E-state index >= 15 is 0 Å². The Balaban J connectivity index is 2.84. The number of rotatable bonds is 4. The fraction of sp³-hybridized carbons (Fsp3) is 0.273. The SMILES string of the molecule is CCC(=O)N[C@@H](C(N)=O)c1ccccc1. The largest absolute Gasteiger partial charge is 0.368 e. The number of hydrogen-bond acceptors (Lipinski definition) is 2. The summed E-state index contributed by atoms with van der Waals surface area (Å²) in [5, 5.41) is 2.57. The number of carbonyl (C=O) groups is 2. The average Bonchev–Trinajstić information content (AvgIpc) is 2.26. The molecule has 80 valence electrons. The summed E-state index contributed by atoms with van der Waals surface area (Å²) in [4.78, 5) is 22.3. The van der Waals surface area contributed by atoms with Gasteiger partial charge in [0.25, 0.3) is 0 Å². The Morgan fingerprint density at radius 1 is 1.33 bits per heavy atom. The summed E-state index contributed by atoms with van der Waals surface area (Å²) in [5.74, 6) is -0.745. The molecule has 0 bridgehead atoms. The molecule has 1 atom stereocenters. The zero-order valence-corrected chi connectivity index (χ0v) is 8.57. The molecule has 4 nitrogen and oxygen atoms in total. The maximum atomic E-state index is 11.2. The van der Waals surface area contributed by atoms with Crippen LogP contribution in [0.1, 0.15) is 24.9 Å². The second kappa shape index (κ2) is 5.14. The second-order valence-electron chi connectivity index (χ2n) is 3.17. The van der Waals surface area contributed by atoms with E-state index in [0.29, 0.717) is 12.0 Å². The van der Waals surface area contributed by atoms with Crippen molar-refractivity contribution in [2.75, 3.05) is 0 Å². The zero-order valence-electron chi connectivity index (χ0n) is 8.57. The first-order valence-electron chi connectivity index (χ1n) is 4.78. The molecule has 3 N–H and O–H groups in total. The molecule has 0 heterocycles. The molecule has 0 aromatic heterocycles. The fourth-order valence-corrected chi connectivity index (χ4v) is 1.23. The Morgan fingerprint density at radius 2 is 1.93 bits per heavy atom. The zero-order chi connectivity index (χ0) is 11.3. The van der Waals surface area contributed by atoms with Crippen LogP contribution in [-0.4, -0.2) is 11.8 Å². The third-order valence-electron chi connectivity index (χ3n) is 2.04. The standard InChI is InChI=1S/C11H14N2O2/c1-2-9(14)13-10(11(12)15)8-6-4-3-5-7-8/h3-7,10H,2H2,1H3,(H2,12,15)(H,13,14)/t10-/m1/s1. The van der Waals surface area contributed by atoms with Crippen molar-refractivity contribution in [3.8, 4) is 0 Å². The van der Waals surface area contributed by atoms with Gasteiger partial charge in [-0.3, -0.25) is 9.59 Å². The highest BCUT2D eigenvalue weighted by molar-refractivity contribution is 5.87. The van der Waals surface area contributed by atoms with Crippen LogP contribution in [0, 0.1) is 0 Å². The van der Waals surface area contributed by atoms with Crippen LogP contribution in [0.3, 0.4) is 0 Å². The minimum atomic E-state index is -0.737. The van der Waals surface area contributed by atoms with Crippen molar-refractivity contribution in [3.63, 3.8) is 0 Å². The smallest absolute Gasteiger partial charge is 0.244 e. The van der Waals surface area contributed by atoms with Gasteiger partial charge in [-0.05, 0) is 5.56 Å². The number of hydrogen-bond donors (Lipinski definition) is 2. The lowest BCUT2D eigenvalue weighted by molar-refractivity contribution is -0.127. The number of nitrogens with two attached hydrogens (primary N) is 1. The van der Waals surface area contributed by atoms with Gasteiger partial charge in [0.15, 0.2) is 0 Å². The molecule has 1 rings (SSSR count). The van der Waals surface area contributed by atoms with E-state index in [4.69, 9.17) is 5.73 Å². The number of benzene rings is 1. The van der Waals surface area contributed by atoms with Crippen LogP contribution in [0.15, 0.2) is 30.3 Å². The maximum Gasteiger partial charge on any atom is 0.244 e. The minimum absolute atomic E-state index is 0.192. The van der Waals surface area contributed by atoms with Crippen molar-refractivity contribution in [2.45, 2.75) is 19.4 Å². The van der Waals surface area contributed by atoms with Crippen LogP contribution in [-0.2, 0) is 9.59 Å². The van der Waals surface area contributed by atoms with E-state index < -0.39 is 11.9 Å². The third-order valence-corrected chi connectivity index (χ3v) is 2.04. The minimum Gasteiger partial charge on any atom is -0.368 e. The second-order valence-corrected chi connectivity index (χ2v) is 3.17. The van der Waals surface area contributed by atoms with Crippen LogP contribution in [0.5, 0.6) is 0 Å². The molecule has 0 aliphatic heterocycles. The summed E-state index contributed by atoms with van der Waals surface area (Å²) < 4.78 is 0. The van der Waals surface area contributed by atoms with Gasteiger partial charge in [-0.15, -0.1) is 0 Å². The van der Waals surface area contributed by atoms with E-state index in [-0.39, 0.29) is 5.91 Å². The molecule has 4 heteroatoms. The van der Waals surface area contributed by atoms with E-state index in [0.717, 1.165) is 0 Å². The highest BCUT2D eigenvalue weighted by atomic mass is 16.2. The van der Waals surface area contributed by atoms with Gasteiger partial charge < -0.3 is 11.1 Å². The Bertz CT molecular complexity index is 349. The molecule has 0 unspecified atom stereocenters. The molecule has 0 spiro atoms. The van der Waals surface area contributed by atoms with Gasteiger partial charge in [-0.25, -0.2) is 0 Å². The fourth-order valence-electron chi connectivity index (χ4n) is 1.23. The van der Waals surface area contributed by atoms with E-state index in [1.807, 2.05) is 6.07 Å². The van der Waals surface area contributed by atoms with E-state index in [1.165, 1.54) is 0 Å². The third kappa shape index (κ3) is 3.09. The van der Waals surface area contributed by atoms with Gasteiger partial charge in [0, 0.05) is 6.42 Å². The van der Waals surface area contributed by atoms with Crippen LogP contribution in [0.4, 0.5) is 0 Å². The molecule has 0 radical (unpaired) electrons. The van der Waals surface area contributed by atoms with Crippen molar-refractivity contribution >= 4 is 11.8 Å². The van der Waals surface area contributed by atoms with E-state index in [1.54, 1.807) is 31.2 Å². The van der Waals surface area contributed by atoms with Crippen LogP contribution in [0.25, 0.3) is 0 Å². The molecule has 0 aliphatic carbocycles. The molecular formula is C11H14N2O2. The average molecular weight is 206 g/mol. The number of nitrogens with one attached hydrogen (secondary N) is 1. The van der Waals surface area contributed by atoms with Gasteiger partial charge in [0.2, 0.25) is 11.8 Å². The van der Waals surface area contributed by atoms with Crippen molar-refractivity contribution in [3.05, 3.63) is 35.9 Å². The lowest BCUT2D eigenvalue weighted by Crippen LogP contribution is -2.37. The molecule has 1 aromatic rings. The summed E-state index contributed by atoms with van der Waals surface area (Å²) >= 11 is 0. The molecule has 2 amide bonds. The van der Waals surface area contributed by atoms with Crippen molar-refractivity contribution in [2.24, 2.45) is 5.73 Å². The lowest BCUT2D eigenvalue weighted by Gasteiger charge is -2.14. The quantitative estimate of drug-likeness (QED) is 0.762. The lowest BCUT2D eigenvalue weighted by atomic mass is 10.1. The summed E-state index contributed by atoms with van der Waals surface area (Å²) in [6.07, 6.45) is 0.330. The first kappa shape index (κ1) is 11.2. The number of primary amides is 1. The summed E-state index contributed by atoms with van der Waals surface area (Å²) in [5.41, 5.74) is 5.92. The monoisotopic (exact) mass is 206 g/mol. The predicted octanol–water partition coefficient (Wildman–Crippen LogP) is 0.739. The van der Waals surface area contributed by atoms with Gasteiger partial charge in [0.1, 0.15) is 6.04 Å². The number of carbonyl (C=O) groups excluding carboxylic acids is 2. The molecule has 1 aromatic carbocycles. The normalized spacial score (nSPS) is 11.8. The van der Waals surface area contributed by atoms with Crippen LogP contribution < -0.4 is 11.1 Å². The van der Waals surface area contributed by atoms with Crippen LogP contribution >= 0.6 is 0 Å². The van der Waals surface area contributed by atoms with Crippen molar-refractivity contribution in [1.82, 2.24) is 5.32 Å². The van der Waals surface area contributed by atoms with Crippen molar-refractivity contribution < 1.29 is 9.59 Å². The summed E-state index contributed by atoms with van der Waals surface area (Å²) in [6, 6.07) is 8.20. The first-order valence-corrected chi connectivity index (χ1v) is 4.78. The Kier molecular flexibility index (Phi) is 3.85. The van der Waals surface area contributed by atoms with E-state index in [9.17, 15) is 9.59 Å². The van der Waals surface area contributed by atoms with Crippen LogP contribution in [0.2, 0.25) is 0 Å². The Morgan fingerprint density at radius 3 is 2.40 bits per heavy atom. The summed E-state index contributed by atoms with van der Waals surface area (Å²) in [6.45, 7) is 1.72. The Hall–Kier alpha value is -1.84.